The standard InChI is InChI=1S/C38H24O/c1-2-12-25(13-3-1)26-14-10-15-27(24-26)36-29-17-4-6-19-31(29)37(32-20-7-5-18-30(32)36)34-22-11-21-33-28-16-8-9-23-35(28)39-38(33)34/h1-24H/i1D,2D,3D,4D,5D,6D,7D,8D,9D,10D,11D,15D,16D,21D,22D,23D,24D. The molecule has 0 fully saturated rings. The molecular formula is C38H24O. The molecule has 0 atom stereocenters. The number of fused-ring (bicyclic) bond motifs is 5. The summed E-state index contributed by atoms with van der Waals surface area (Å²) >= 11 is 0. The Morgan fingerprint density at radius 3 is 1.77 bits per heavy atom. The molecule has 0 bridgehead atoms. The fourth-order valence-corrected chi connectivity index (χ4v) is 5.06. The second-order valence-electron chi connectivity index (χ2n) is 8.80. The van der Waals surface area contributed by atoms with Gasteiger partial charge in [0.05, 0.1) is 23.3 Å². The van der Waals surface area contributed by atoms with Gasteiger partial charge in [0.1, 0.15) is 11.2 Å². The van der Waals surface area contributed by atoms with E-state index in [1.165, 1.54) is 42.5 Å². The average molecular weight is 514 g/mol. The SMILES string of the molecule is [2H]c1cc2c(-c3c([2H])c([2H])cc(-c4cc([2H])c([2H])c([2H])c4)c3[2H])c3cc([2H])c([2H])cc3c(-c3c([2H])c([2H])c([2H])c4c3oc3c([2H])c([2H])c([2H])c([2H])c34)c2cc1[2H]. The molecule has 0 amide bonds. The van der Waals surface area contributed by atoms with Crippen molar-refractivity contribution in [2.45, 2.75) is 0 Å². The minimum absolute atomic E-state index is 0.0302. The molecule has 8 aromatic rings. The van der Waals surface area contributed by atoms with Gasteiger partial charge in [-0.25, -0.2) is 0 Å². The Balaban J connectivity index is 1.63. The molecule has 8 rings (SSSR count). The van der Waals surface area contributed by atoms with Gasteiger partial charge in [0.15, 0.2) is 0 Å². The lowest BCUT2D eigenvalue weighted by Crippen LogP contribution is -1.91. The van der Waals surface area contributed by atoms with E-state index in [1.807, 2.05) is 0 Å². The molecule has 0 aliphatic heterocycles. The van der Waals surface area contributed by atoms with Crippen LogP contribution in [0.15, 0.2) is 150 Å². The van der Waals surface area contributed by atoms with E-state index in [2.05, 4.69) is 0 Å². The van der Waals surface area contributed by atoms with Crippen LogP contribution in [0.3, 0.4) is 0 Å². The topological polar surface area (TPSA) is 13.1 Å². The van der Waals surface area contributed by atoms with Gasteiger partial charge < -0.3 is 4.42 Å². The quantitative estimate of drug-likeness (QED) is 0.214. The van der Waals surface area contributed by atoms with Gasteiger partial charge in [0.2, 0.25) is 0 Å². The molecular weight excluding hydrogens is 472 g/mol. The molecule has 1 heterocycles. The van der Waals surface area contributed by atoms with Crippen LogP contribution in [-0.4, -0.2) is 0 Å². The smallest absolute Gasteiger partial charge is 0.143 e. The zero-order valence-corrected chi connectivity index (χ0v) is 19.9. The minimum Gasteiger partial charge on any atom is -0.455 e. The average Bonchev–Trinajstić information content (AvgIpc) is 3.55. The van der Waals surface area contributed by atoms with Crippen molar-refractivity contribution in [3.63, 3.8) is 0 Å². The van der Waals surface area contributed by atoms with E-state index in [-0.39, 0.29) is 131 Å². The number of rotatable bonds is 3. The maximum Gasteiger partial charge on any atom is 0.143 e. The summed E-state index contributed by atoms with van der Waals surface area (Å²) in [5.74, 6) is 0. The van der Waals surface area contributed by atoms with E-state index in [0.717, 1.165) is 0 Å². The fraction of sp³-hybridized carbons (Fsp3) is 0. The Bertz CT molecular complexity index is 3020. The number of hydrogen-bond acceptors (Lipinski definition) is 1. The van der Waals surface area contributed by atoms with Gasteiger partial charge >= 0.3 is 0 Å². The van der Waals surface area contributed by atoms with Crippen molar-refractivity contribution < 1.29 is 27.7 Å². The van der Waals surface area contributed by atoms with Gasteiger partial charge in [-0.15, -0.1) is 0 Å². The summed E-state index contributed by atoms with van der Waals surface area (Å²) in [6.07, 6.45) is 0. The van der Waals surface area contributed by atoms with Crippen molar-refractivity contribution in [3.8, 4) is 33.4 Å². The Kier molecular flexibility index (Phi) is 2.44. The van der Waals surface area contributed by atoms with E-state index < -0.39 is 48.3 Å². The highest BCUT2D eigenvalue weighted by atomic mass is 16.3. The first-order chi connectivity index (χ1) is 26.3. The lowest BCUT2D eigenvalue weighted by molar-refractivity contribution is 0.670. The summed E-state index contributed by atoms with van der Waals surface area (Å²) in [6.45, 7) is 0. The largest absolute Gasteiger partial charge is 0.455 e. The molecule has 0 N–H and O–H groups in total. The van der Waals surface area contributed by atoms with E-state index in [9.17, 15) is 2.74 Å². The van der Waals surface area contributed by atoms with Crippen molar-refractivity contribution in [2.75, 3.05) is 0 Å². The van der Waals surface area contributed by atoms with Crippen LogP contribution < -0.4 is 0 Å². The normalized spacial score (nSPS) is 17.7. The first kappa shape index (κ1) is 10.9. The third-order valence-electron chi connectivity index (χ3n) is 6.71. The Morgan fingerprint density at radius 1 is 0.410 bits per heavy atom. The van der Waals surface area contributed by atoms with Crippen molar-refractivity contribution in [1.29, 1.82) is 0 Å². The van der Waals surface area contributed by atoms with Crippen molar-refractivity contribution >= 4 is 43.5 Å². The van der Waals surface area contributed by atoms with Gasteiger partial charge in [0, 0.05) is 21.9 Å². The maximum absolute atomic E-state index is 9.45. The third kappa shape index (κ3) is 3.41. The highest BCUT2D eigenvalue weighted by Gasteiger charge is 2.20. The van der Waals surface area contributed by atoms with Crippen LogP contribution in [0.4, 0.5) is 0 Å². The summed E-state index contributed by atoms with van der Waals surface area (Å²) < 4.78 is 153. The van der Waals surface area contributed by atoms with E-state index in [4.69, 9.17) is 25.0 Å². The van der Waals surface area contributed by atoms with Crippen LogP contribution >= 0.6 is 0 Å². The van der Waals surface area contributed by atoms with Crippen molar-refractivity contribution in [2.24, 2.45) is 0 Å². The molecule has 182 valence electrons. The van der Waals surface area contributed by atoms with E-state index in [1.54, 1.807) is 0 Å². The molecule has 0 unspecified atom stereocenters. The lowest BCUT2D eigenvalue weighted by atomic mass is 9.85. The number of benzene rings is 7. The summed E-state index contributed by atoms with van der Waals surface area (Å²) in [5, 5.41) is 0.00434. The van der Waals surface area contributed by atoms with Gasteiger partial charge in [-0.05, 0) is 55.9 Å². The lowest BCUT2D eigenvalue weighted by Gasteiger charge is -2.18. The van der Waals surface area contributed by atoms with Crippen LogP contribution in [-0.2, 0) is 0 Å². The molecule has 39 heavy (non-hydrogen) atoms. The summed E-state index contributed by atoms with van der Waals surface area (Å²) in [6, 6.07) is 1.50. The monoisotopic (exact) mass is 513 g/mol. The second kappa shape index (κ2) is 8.72. The molecule has 1 nitrogen and oxygen atoms in total. The van der Waals surface area contributed by atoms with Crippen LogP contribution in [0.25, 0.3) is 76.9 Å². The first-order valence-corrected chi connectivity index (χ1v) is 11.9. The number of para-hydroxylation sites is 2. The summed E-state index contributed by atoms with van der Waals surface area (Å²) in [5.41, 5.74) is -0.655. The van der Waals surface area contributed by atoms with Gasteiger partial charge in [-0.2, -0.15) is 0 Å². The second-order valence-corrected chi connectivity index (χ2v) is 8.80. The molecule has 0 spiro atoms. The highest BCUT2D eigenvalue weighted by Crippen LogP contribution is 2.46. The van der Waals surface area contributed by atoms with E-state index >= 15 is 0 Å². The predicted octanol–water partition coefficient (Wildman–Crippen LogP) is 10.9. The Labute approximate surface area is 250 Å². The number of furan rings is 1. The predicted molar refractivity (Wildman–Crippen MR) is 165 cm³/mol. The van der Waals surface area contributed by atoms with Gasteiger partial charge in [-0.1, -0.05) is 133 Å². The molecule has 0 radical (unpaired) electrons. The van der Waals surface area contributed by atoms with Crippen LogP contribution in [0.2, 0.25) is 0 Å². The van der Waals surface area contributed by atoms with Crippen molar-refractivity contribution in [1.82, 2.24) is 0 Å². The van der Waals surface area contributed by atoms with Crippen LogP contribution in [0.5, 0.6) is 0 Å². The third-order valence-corrected chi connectivity index (χ3v) is 6.71. The summed E-state index contributed by atoms with van der Waals surface area (Å²) in [4.78, 5) is 0. The molecule has 0 aliphatic carbocycles. The minimum atomic E-state index is -0.630. The molecule has 7 aromatic carbocycles. The molecule has 0 saturated carbocycles. The zero-order chi connectivity index (χ0) is 40.6. The highest BCUT2D eigenvalue weighted by molar-refractivity contribution is 6.24. The first-order valence-electron chi connectivity index (χ1n) is 20.4. The zero-order valence-electron chi connectivity index (χ0n) is 36.9. The van der Waals surface area contributed by atoms with E-state index in [0.29, 0.717) is 0 Å². The molecule has 0 aliphatic rings. The Morgan fingerprint density at radius 2 is 1.03 bits per heavy atom. The Hall–Kier alpha value is -5.14. The molecule has 0 saturated heterocycles. The summed E-state index contributed by atoms with van der Waals surface area (Å²) in [7, 11) is 0. The maximum atomic E-state index is 9.45. The van der Waals surface area contributed by atoms with Crippen molar-refractivity contribution in [3.05, 3.63) is 145 Å². The van der Waals surface area contributed by atoms with Gasteiger partial charge in [0.25, 0.3) is 0 Å². The van der Waals surface area contributed by atoms with Gasteiger partial charge in [-0.3, -0.25) is 0 Å². The fourth-order valence-electron chi connectivity index (χ4n) is 5.06. The molecule has 1 heteroatoms. The number of hydrogen-bond donors (Lipinski definition) is 0. The van der Waals surface area contributed by atoms with Crippen LogP contribution in [0.1, 0.15) is 23.3 Å². The molecule has 1 aromatic heterocycles. The van der Waals surface area contributed by atoms with Crippen LogP contribution in [0, 0.1) is 0 Å².